The molecule has 1 aromatic carbocycles. The van der Waals surface area contributed by atoms with E-state index in [-0.39, 0.29) is 11.0 Å². The first-order valence-corrected chi connectivity index (χ1v) is 7.07. The molecule has 6 heteroatoms. The number of carbonyl (C=O) groups excluding carboxylic acids is 1. The Labute approximate surface area is 124 Å². The van der Waals surface area contributed by atoms with E-state index in [0.29, 0.717) is 17.0 Å². The highest BCUT2D eigenvalue weighted by atomic mass is 32.1. The molecule has 0 unspecified atom stereocenters. The number of hydrogen-bond donors (Lipinski definition) is 2. The van der Waals surface area contributed by atoms with Crippen molar-refractivity contribution in [2.75, 3.05) is 25.5 Å². The number of urea groups is 1. The summed E-state index contributed by atoms with van der Waals surface area (Å²) in [6.07, 6.45) is 3.26. The molecule has 0 spiro atoms. The minimum absolute atomic E-state index is 0.133. The van der Waals surface area contributed by atoms with Crippen LogP contribution in [0.2, 0.25) is 0 Å². The Morgan fingerprint density at radius 1 is 1.35 bits per heavy atom. The highest BCUT2D eigenvalue weighted by Crippen LogP contribution is 2.29. The summed E-state index contributed by atoms with van der Waals surface area (Å²) in [4.78, 5) is 14.3. The number of hydrogen-bond acceptors (Lipinski definition) is 3. The fraction of sp³-hybridized carbons (Fsp3) is 0.429. The van der Waals surface area contributed by atoms with Gasteiger partial charge in [-0.2, -0.15) is 0 Å². The van der Waals surface area contributed by atoms with Gasteiger partial charge < -0.3 is 20.7 Å². The van der Waals surface area contributed by atoms with Crippen molar-refractivity contribution in [3.8, 4) is 5.75 Å². The molecule has 1 saturated heterocycles. The minimum atomic E-state index is -0.133. The van der Waals surface area contributed by atoms with Gasteiger partial charge in [-0.3, -0.25) is 0 Å². The summed E-state index contributed by atoms with van der Waals surface area (Å²) in [6.45, 7) is 1.56. The molecule has 0 aliphatic carbocycles. The standard InChI is InChI=1S/C14H19N3O2S/c1-19-11-7-5-6-10(13(15)20)12(11)16-14(18)17-8-3-2-4-9-17/h5-7H,2-4,8-9H2,1H3,(H2,15,20)(H,16,18). The number of methoxy groups -OCH3 is 1. The van der Waals surface area contributed by atoms with Crippen molar-refractivity contribution >= 4 is 28.9 Å². The molecular weight excluding hydrogens is 274 g/mol. The second kappa shape index (κ2) is 6.56. The van der Waals surface area contributed by atoms with E-state index in [4.69, 9.17) is 22.7 Å². The van der Waals surface area contributed by atoms with E-state index >= 15 is 0 Å². The van der Waals surface area contributed by atoms with Gasteiger partial charge in [0.25, 0.3) is 0 Å². The molecule has 1 aliphatic rings. The fourth-order valence-corrected chi connectivity index (χ4v) is 2.49. The van der Waals surface area contributed by atoms with Crippen LogP contribution in [0.4, 0.5) is 10.5 Å². The Hall–Kier alpha value is -1.82. The third kappa shape index (κ3) is 3.19. The van der Waals surface area contributed by atoms with Crippen LogP contribution in [0.25, 0.3) is 0 Å². The van der Waals surface area contributed by atoms with Crippen LogP contribution in [0, 0.1) is 0 Å². The van der Waals surface area contributed by atoms with Crippen LogP contribution in [-0.2, 0) is 0 Å². The van der Waals surface area contributed by atoms with Gasteiger partial charge in [0.2, 0.25) is 0 Å². The lowest BCUT2D eigenvalue weighted by Crippen LogP contribution is -2.39. The van der Waals surface area contributed by atoms with Crippen LogP contribution in [0.3, 0.4) is 0 Å². The zero-order valence-corrected chi connectivity index (χ0v) is 12.3. The monoisotopic (exact) mass is 293 g/mol. The van der Waals surface area contributed by atoms with E-state index in [2.05, 4.69) is 5.32 Å². The maximum atomic E-state index is 12.3. The van der Waals surface area contributed by atoms with Crippen molar-refractivity contribution in [1.29, 1.82) is 0 Å². The van der Waals surface area contributed by atoms with E-state index in [0.717, 1.165) is 25.9 Å². The molecule has 3 N–H and O–H groups in total. The van der Waals surface area contributed by atoms with E-state index in [1.807, 2.05) is 0 Å². The summed E-state index contributed by atoms with van der Waals surface area (Å²) in [6, 6.07) is 5.21. The maximum absolute atomic E-state index is 12.3. The Morgan fingerprint density at radius 2 is 2.05 bits per heavy atom. The first-order valence-electron chi connectivity index (χ1n) is 6.66. The van der Waals surface area contributed by atoms with Crippen molar-refractivity contribution in [1.82, 2.24) is 4.90 Å². The molecule has 1 aromatic rings. The quantitative estimate of drug-likeness (QED) is 0.839. The van der Waals surface area contributed by atoms with Crippen molar-refractivity contribution in [2.24, 2.45) is 5.73 Å². The molecule has 2 rings (SSSR count). The summed E-state index contributed by atoms with van der Waals surface area (Å²) in [5.74, 6) is 0.556. The SMILES string of the molecule is COc1cccc(C(N)=S)c1NC(=O)N1CCCCC1. The summed E-state index contributed by atoms with van der Waals surface area (Å²) in [5.41, 5.74) is 6.86. The third-order valence-electron chi connectivity index (χ3n) is 3.39. The number of carbonyl (C=O) groups is 1. The molecule has 0 atom stereocenters. The van der Waals surface area contributed by atoms with Gasteiger partial charge >= 0.3 is 6.03 Å². The lowest BCUT2D eigenvalue weighted by molar-refractivity contribution is 0.200. The molecule has 1 heterocycles. The number of para-hydroxylation sites is 1. The predicted octanol–water partition coefficient (Wildman–Crippen LogP) is 2.35. The third-order valence-corrected chi connectivity index (χ3v) is 3.61. The number of rotatable bonds is 3. The Bertz CT molecular complexity index is 513. The van der Waals surface area contributed by atoms with E-state index in [9.17, 15) is 4.79 Å². The largest absolute Gasteiger partial charge is 0.495 e. The first kappa shape index (κ1) is 14.6. The summed E-state index contributed by atoms with van der Waals surface area (Å²) in [7, 11) is 1.55. The number of benzene rings is 1. The van der Waals surface area contributed by atoms with Crippen molar-refractivity contribution in [3.05, 3.63) is 23.8 Å². The average molecular weight is 293 g/mol. The number of likely N-dealkylation sites (tertiary alicyclic amines) is 1. The smallest absolute Gasteiger partial charge is 0.321 e. The Balaban J connectivity index is 2.22. The van der Waals surface area contributed by atoms with Gasteiger partial charge in [0, 0.05) is 18.7 Å². The Kier molecular flexibility index (Phi) is 4.79. The van der Waals surface area contributed by atoms with Crippen LogP contribution in [0.15, 0.2) is 18.2 Å². The van der Waals surface area contributed by atoms with E-state index in [1.54, 1.807) is 30.2 Å². The number of piperidine rings is 1. The molecule has 108 valence electrons. The second-order valence-electron chi connectivity index (χ2n) is 4.72. The van der Waals surface area contributed by atoms with Gasteiger partial charge in [-0.25, -0.2) is 4.79 Å². The molecule has 0 bridgehead atoms. The number of nitrogens with zero attached hydrogens (tertiary/aromatic N) is 1. The molecular formula is C14H19N3O2S. The summed E-state index contributed by atoms with van der Waals surface area (Å²) < 4.78 is 5.28. The molecule has 0 radical (unpaired) electrons. The van der Waals surface area contributed by atoms with Gasteiger partial charge in [-0.1, -0.05) is 18.3 Å². The average Bonchev–Trinajstić information content (AvgIpc) is 2.48. The number of nitrogens with one attached hydrogen (secondary N) is 1. The van der Waals surface area contributed by atoms with Crippen LogP contribution in [0.5, 0.6) is 5.75 Å². The zero-order chi connectivity index (χ0) is 14.5. The van der Waals surface area contributed by atoms with Gasteiger partial charge in [0.15, 0.2) is 0 Å². The van der Waals surface area contributed by atoms with Crippen LogP contribution in [-0.4, -0.2) is 36.1 Å². The van der Waals surface area contributed by atoms with Crippen molar-refractivity contribution in [2.45, 2.75) is 19.3 Å². The zero-order valence-electron chi connectivity index (χ0n) is 11.5. The van der Waals surface area contributed by atoms with Gasteiger partial charge in [-0.15, -0.1) is 0 Å². The van der Waals surface area contributed by atoms with Crippen LogP contribution >= 0.6 is 12.2 Å². The maximum Gasteiger partial charge on any atom is 0.321 e. The first-order chi connectivity index (χ1) is 9.63. The highest BCUT2D eigenvalue weighted by molar-refractivity contribution is 7.80. The van der Waals surface area contributed by atoms with E-state index < -0.39 is 0 Å². The lowest BCUT2D eigenvalue weighted by Gasteiger charge is -2.27. The number of amides is 2. The molecule has 0 saturated carbocycles. The molecule has 1 aliphatic heterocycles. The topological polar surface area (TPSA) is 67.6 Å². The highest BCUT2D eigenvalue weighted by Gasteiger charge is 2.20. The number of thiocarbonyl (C=S) groups is 1. The second-order valence-corrected chi connectivity index (χ2v) is 5.16. The van der Waals surface area contributed by atoms with Gasteiger partial charge in [-0.05, 0) is 31.4 Å². The summed E-state index contributed by atoms with van der Waals surface area (Å²) in [5, 5.41) is 2.88. The molecule has 5 nitrogen and oxygen atoms in total. The van der Waals surface area contributed by atoms with Crippen LogP contribution < -0.4 is 15.8 Å². The summed E-state index contributed by atoms with van der Waals surface area (Å²) >= 11 is 5.02. The van der Waals surface area contributed by atoms with Crippen molar-refractivity contribution < 1.29 is 9.53 Å². The molecule has 1 fully saturated rings. The van der Waals surface area contributed by atoms with Crippen LogP contribution in [0.1, 0.15) is 24.8 Å². The normalized spacial score (nSPS) is 14.8. The van der Waals surface area contributed by atoms with Gasteiger partial charge in [0.05, 0.1) is 12.8 Å². The number of nitrogens with two attached hydrogens (primary N) is 1. The number of ether oxygens (including phenoxy) is 1. The number of anilines is 1. The lowest BCUT2D eigenvalue weighted by atomic mass is 10.1. The minimum Gasteiger partial charge on any atom is -0.495 e. The molecule has 0 aromatic heterocycles. The van der Waals surface area contributed by atoms with Crippen molar-refractivity contribution in [3.63, 3.8) is 0 Å². The predicted molar refractivity (Wildman–Crippen MR) is 83.3 cm³/mol. The van der Waals surface area contributed by atoms with Gasteiger partial charge in [0.1, 0.15) is 10.7 Å². The van der Waals surface area contributed by atoms with E-state index in [1.165, 1.54) is 6.42 Å². The fourth-order valence-electron chi connectivity index (χ4n) is 2.32. The molecule has 20 heavy (non-hydrogen) atoms. The Morgan fingerprint density at radius 3 is 2.65 bits per heavy atom. The molecule has 2 amide bonds.